The van der Waals surface area contributed by atoms with Crippen molar-refractivity contribution >= 4 is 34.2 Å². The van der Waals surface area contributed by atoms with Gasteiger partial charge in [-0.05, 0) is 98.2 Å². The second-order valence-electron chi connectivity index (χ2n) is 11.3. The molecule has 0 spiro atoms. The molecule has 1 saturated carbocycles. The van der Waals surface area contributed by atoms with Gasteiger partial charge in [0.15, 0.2) is 0 Å². The molecule has 5 rings (SSSR count). The lowest BCUT2D eigenvalue weighted by Crippen LogP contribution is -2.41. The van der Waals surface area contributed by atoms with Gasteiger partial charge in [0.1, 0.15) is 16.7 Å². The van der Waals surface area contributed by atoms with Gasteiger partial charge >= 0.3 is 0 Å². The maximum absolute atomic E-state index is 13.1. The summed E-state index contributed by atoms with van der Waals surface area (Å²) < 4.78 is 22.1. The van der Waals surface area contributed by atoms with Crippen LogP contribution >= 0.6 is 11.6 Å². The van der Waals surface area contributed by atoms with Gasteiger partial charge in [0.2, 0.25) is 0 Å². The molecule has 0 radical (unpaired) electrons. The van der Waals surface area contributed by atoms with E-state index in [9.17, 15) is 9.00 Å². The molecule has 37 heavy (non-hydrogen) atoms. The Kier molecular flexibility index (Phi) is 8.16. The van der Waals surface area contributed by atoms with Crippen LogP contribution in [0.4, 0.5) is 5.69 Å². The molecule has 2 aliphatic heterocycles. The number of ether oxygens (including phenoxy) is 1. The van der Waals surface area contributed by atoms with Gasteiger partial charge in [-0.2, -0.15) is 0 Å². The van der Waals surface area contributed by atoms with Crippen molar-refractivity contribution in [3.05, 3.63) is 58.1 Å². The van der Waals surface area contributed by atoms with Crippen LogP contribution in [0.1, 0.15) is 80.3 Å². The fourth-order valence-corrected chi connectivity index (χ4v) is 7.40. The van der Waals surface area contributed by atoms with Crippen molar-refractivity contribution in [2.75, 3.05) is 24.6 Å². The SMILES string of the molecule is CCCc1cc(Cl)ccc1C1COc2ccc3cc2N(C1)CC1CCC1CCC(C)C(C)S(=O)NC3=O. The van der Waals surface area contributed by atoms with Crippen LogP contribution in [-0.2, 0) is 17.4 Å². The zero-order chi connectivity index (χ0) is 26.1. The first-order valence-corrected chi connectivity index (χ1v) is 15.4. The molecule has 3 aliphatic rings. The molecule has 1 amide bonds. The molecule has 7 heteroatoms. The molecule has 2 aromatic carbocycles. The van der Waals surface area contributed by atoms with Gasteiger partial charge in [-0.15, -0.1) is 0 Å². The first kappa shape index (κ1) is 26.6. The van der Waals surface area contributed by atoms with Crippen LogP contribution in [0.25, 0.3) is 0 Å². The van der Waals surface area contributed by atoms with E-state index in [4.69, 9.17) is 16.3 Å². The molecule has 2 aromatic rings. The highest BCUT2D eigenvalue weighted by molar-refractivity contribution is 7.84. The number of hydrogen-bond donors (Lipinski definition) is 1. The number of carbonyl (C=O) groups is 1. The van der Waals surface area contributed by atoms with Crippen LogP contribution in [0.5, 0.6) is 5.75 Å². The van der Waals surface area contributed by atoms with E-state index >= 15 is 0 Å². The first-order chi connectivity index (χ1) is 17.8. The third kappa shape index (κ3) is 5.70. The summed E-state index contributed by atoms with van der Waals surface area (Å²) in [6, 6.07) is 11.9. The third-order valence-electron chi connectivity index (χ3n) is 8.86. The highest BCUT2D eigenvalue weighted by Crippen LogP contribution is 2.43. The summed E-state index contributed by atoms with van der Waals surface area (Å²) in [7, 11) is -1.42. The second kappa shape index (κ2) is 11.4. The van der Waals surface area contributed by atoms with Crippen LogP contribution in [0.15, 0.2) is 36.4 Å². The Morgan fingerprint density at radius 3 is 2.59 bits per heavy atom. The summed E-state index contributed by atoms with van der Waals surface area (Å²) in [6.45, 7) is 8.73. The summed E-state index contributed by atoms with van der Waals surface area (Å²) in [4.78, 5) is 15.6. The van der Waals surface area contributed by atoms with Gasteiger partial charge in [-0.3, -0.25) is 9.52 Å². The minimum Gasteiger partial charge on any atom is -0.491 e. The van der Waals surface area contributed by atoms with Gasteiger partial charge in [-0.25, -0.2) is 4.21 Å². The third-order valence-corrected chi connectivity index (χ3v) is 10.6. The van der Waals surface area contributed by atoms with Crippen LogP contribution in [0.2, 0.25) is 5.02 Å². The number of nitrogens with zero attached hydrogens (tertiary/aromatic N) is 1. The molecule has 0 aromatic heterocycles. The number of carbonyl (C=O) groups excluding carboxylic acids is 1. The van der Waals surface area contributed by atoms with E-state index in [0.29, 0.717) is 29.9 Å². The molecule has 6 unspecified atom stereocenters. The number of benzene rings is 2. The first-order valence-electron chi connectivity index (χ1n) is 13.9. The summed E-state index contributed by atoms with van der Waals surface area (Å²) in [5.74, 6) is 2.34. The minimum absolute atomic E-state index is 0.0801. The number of nitrogens with one attached hydrogen (secondary N) is 1. The average molecular weight is 543 g/mol. The fourth-order valence-electron chi connectivity index (χ4n) is 6.16. The van der Waals surface area contributed by atoms with Crippen molar-refractivity contribution in [2.45, 2.75) is 70.5 Å². The number of halogens is 1. The van der Waals surface area contributed by atoms with Gasteiger partial charge < -0.3 is 9.64 Å². The predicted octanol–water partition coefficient (Wildman–Crippen LogP) is 6.51. The highest BCUT2D eigenvalue weighted by atomic mass is 35.5. The van der Waals surface area contributed by atoms with Gasteiger partial charge in [0.25, 0.3) is 5.91 Å². The van der Waals surface area contributed by atoms with Crippen molar-refractivity contribution < 1.29 is 13.7 Å². The van der Waals surface area contributed by atoms with E-state index in [-0.39, 0.29) is 17.1 Å². The van der Waals surface area contributed by atoms with E-state index < -0.39 is 11.0 Å². The van der Waals surface area contributed by atoms with Crippen LogP contribution < -0.4 is 14.4 Å². The largest absolute Gasteiger partial charge is 0.491 e. The molecule has 2 heterocycles. The Balaban J connectivity index is 1.51. The standard InChI is InChI=1S/C30H39ClN2O3S/c1-4-5-22-14-26(31)11-12-27(22)25-17-33-16-24-9-8-21(24)7-6-19(2)20(3)37(35)32-30(34)23-10-13-29(36-18-25)28(33)15-23/h10-15,19-21,24-25H,4-9,16-18H2,1-3H3,(H,32,34). The Morgan fingerprint density at radius 2 is 1.84 bits per heavy atom. The molecule has 2 bridgehead atoms. The Hall–Kier alpha value is -2.05. The number of fused-ring (bicyclic) bond motifs is 2. The number of aryl methyl sites for hydroxylation is 1. The van der Waals surface area contributed by atoms with Gasteiger partial charge in [0.05, 0.1) is 17.5 Å². The van der Waals surface area contributed by atoms with Crippen LogP contribution in [0, 0.1) is 17.8 Å². The Morgan fingerprint density at radius 1 is 1.05 bits per heavy atom. The van der Waals surface area contributed by atoms with Crippen molar-refractivity contribution in [3.63, 3.8) is 0 Å². The average Bonchev–Trinajstić information content (AvgIpc) is 3.05. The number of amides is 1. The van der Waals surface area contributed by atoms with Crippen molar-refractivity contribution in [1.29, 1.82) is 0 Å². The Labute approximate surface area is 228 Å². The zero-order valence-corrected chi connectivity index (χ0v) is 23.7. The van der Waals surface area contributed by atoms with Gasteiger partial charge in [0, 0.05) is 29.6 Å². The van der Waals surface area contributed by atoms with Crippen molar-refractivity contribution in [2.24, 2.45) is 17.8 Å². The fraction of sp³-hybridized carbons (Fsp3) is 0.567. The molecule has 1 fully saturated rings. The lowest BCUT2D eigenvalue weighted by Gasteiger charge is -2.42. The maximum atomic E-state index is 13.1. The zero-order valence-electron chi connectivity index (χ0n) is 22.2. The normalized spacial score (nSPS) is 30.2. The quantitative estimate of drug-likeness (QED) is 0.480. The highest BCUT2D eigenvalue weighted by Gasteiger charge is 2.36. The molecular formula is C30H39ClN2O3S. The Bertz CT molecular complexity index is 1170. The van der Waals surface area contributed by atoms with E-state index in [0.717, 1.165) is 55.2 Å². The van der Waals surface area contributed by atoms with Crippen LogP contribution in [0.3, 0.4) is 0 Å². The molecular weight excluding hydrogens is 504 g/mol. The molecule has 200 valence electrons. The number of hydrogen-bond acceptors (Lipinski definition) is 4. The lowest BCUT2D eigenvalue weighted by atomic mass is 9.70. The summed E-state index contributed by atoms with van der Waals surface area (Å²) in [5.41, 5.74) is 4.10. The summed E-state index contributed by atoms with van der Waals surface area (Å²) in [5, 5.41) is 0.695. The predicted molar refractivity (Wildman–Crippen MR) is 152 cm³/mol. The summed E-state index contributed by atoms with van der Waals surface area (Å²) >= 11 is 6.37. The molecule has 0 saturated heterocycles. The van der Waals surface area contributed by atoms with Gasteiger partial charge in [-0.1, -0.05) is 37.9 Å². The van der Waals surface area contributed by atoms with Crippen LogP contribution in [-0.4, -0.2) is 35.1 Å². The topological polar surface area (TPSA) is 58.6 Å². The molecule has 1 aliphatic carbocycles. The lowest BCUT2D eigenvalue weighted by molar-refractivity contribution is 0.0982. The number of anilines is 1. The van der Waals surface area contributed by atoms with E-state index in [1.54, 1.807) is 6.07 Å². The van der Waals surface area contributed by atoms with Crippen molar-refractivity contribution in [1.82, 2.24) is 4.72 Å². The molecule has 5 nitrogen and oxygen atoms in total. The number of rotatable bonds is 3. The summed E-state index contributed by atoms with van der Waals surface area (Å²) in [6.07, 6.45) is 6.75. The van der Waals surface area contributed by atoms with Crippen molar-refractivity contribution in [3.8, 4) is 5.75 Å². The maximum Gasteiger partial charge on any atom is 0.263 e. The second-order valence-corrected chi connectivity index (χ2v) is 13.3. The molecule has 6 atom stereocenters. The smallest absolute Gasteiger partial charge is 0.263 e. The molecule has 1 N–H and O–H groups in total. The monoisotopic (exact) mass is 542 g/mol. The van der Waals surface area contributed by atoms with E-state index in [1.165, 1.54) is 24.0 Å². The van der Waals surface area contributed by atoms with E-state index in [2.05, 4.69) is 35.6 Å². The van der Waals surface area contributed by atoms with E-state index in [1.807, 2.05) is 25.1 Å². The minimum atomic E-state index is -1.42.